The molecule has 0 spiro atoms. The first kappa shape index (κ1) is 16.1. The Hall–Kier alpha value is -1.30. The van der Waals surface area contributed by atoms with Crippen LogP contribution in [0.3, 0.4) is 0 Å². The van der Waals surface area contributed by atoms with Gasteiger partial charge in [0.05, 0.1) is 0 Å². The summed E-state index contributed by atoms with van der Waals surface area (Å²) < 4.78 is 0. The highest BCUT2D eigenvalue weighted by molar-refractivity contribution is 6.06. The van der Waals surface area contributed by atoms with Crippen molar-refractivity contribution >= 4 is 11.7 Å². The van der Waals surface area contributed by atoms with Gasteiger partial charge in [-0.25, -0.2) is 0 Å². The Morgan fingerprint density at radius 2 is 2.05 bits per heavy atom. The molecule has 6 heteroatoms. The van der Waals surface area contributed by atoms with Gasteiger partial charge < -0.3 is 15.8 Å². The fourth-order valence-corrected chi connectivity index (χ4v) is 3.87. The van der Waals surface area contributed by atoms with Crippen LogP contribution < -0.4 is 5.73 Å². The second-order valence-corrected chi connectivity index (χ2v) is 6.37. The molecule has 2 aliphatic rings. The number of carbonyl (C=O) groups excluding carboxylic acids is 1. The molecule has 0 radical (unpaired) electrons. The summed E-state index contributed by atoms with van der Waals surface area (Å²) in [5.41, 5.74) is 5.00. The van der Waals surface area contributed by atoms with Crippen molar-refractivity contribution in [3.63, 3.8) is 0 Å². The molecular weight excluding hydrogens is 268 g/mol. The lowest BCUT2D eigenvalue weighted by Gasteiger charge is -2.45. The highest BCUT2D eigenvalue weighted by Gasteiger charge is 2.46. The maximum atomic E-state index is 13.1. The van der Waals surface area contributed by atoms with E-state index in [4.69, 9.17) is 10.9 Å². The fraction of sp³-hybridized carbons (Fsp3) is 0.867. The van der Waals surface area contributed by atoms with E-state index in [1.54, 1.807) is 0 Å². The molecular formula is C15H28N4O2. The van der Waals surface area contributed by atoms with Gasteiger partial charge in [-0.05, 0) is 39.2 Å². The number of rotatable bonds is 4. The molecule has 1 amide bonds. The number of amidine groups is 1. The molecule has 3 N–H and O–H groups in total. The molecule has 2 unspecified atom stereocenters. The van der Waals surface area contributed by atoms with E-state index in [2.05, 4.69) is 17.0 Å². The number of oxime groups is 1. The molecule has 0 aromatic heterocycles. The van der Waals surface area contributed by atoms with Crippen LogP contribution >= 0.6 is 0 Å². The van der Waals surface area contributed by atoms with Crippen LogP contribution in [0.2, 0.25) is 0 Å². The van der Waals surface area contributed by atoms with Crippen LogP contribution in [0, 0.1) is 5.41 Å². The Morgan fingerprint density at radius 3 is 2.62 bits per heavy atom. The topological polar surface area (TPSA) is 82.2 Å². The lowest BCUT2D eigenvalue weighted by atomic mass is 9.79. The van der Waals surface area contributed by atoms with Crippen molar-refractivity contribution in [3.8, 4) is 0 Å². The number of nitrogens with two attached hydrogens (primary N) is 1. The Kier molecular flexibility index (Phi) is 4.76. The van der Waals surface area contributed by atoms with Crippen molar-refractivity contribution in [2.75, 3.05) is 19.6 Å². The van der Waals surface area contributed by atoms with Gasteiger partial charge in [0.25, 0.3) is 0 Å². The summed E-state index contributed by atoms with van der Waals surface area (Å²) in [5.74, 6) is 0.0559. The quantitative estimate of drug-likeness (QED) is 0.354. The number of amides is 1. The van der Waals surface area contributed by atoms with E-state index in [1.165, 1.54) is 6.42 Å². The summed E-state index contributed by atoms with van der Waals surface area (Å²) in [5, 5.41) is 12.2. The molecule has 2 aliphatic heterocycles. The molecule has 120 valence electrons. The molecule has 6 nitrogen and oxygen atoms in total. The SMILES string of the molecule is CCC(CC)(C(=O)N1CC2CCCN2CC1C)C(N)=NO. The van der Waals surface area contributed by atoms with Crippen molar-refractivity contribution in [1.29, 1.82) is 0 Å². The van der Waals surface area contributed by atoms with Crippen molar-refractivity contribution in [2.45, 2.75) is 58.5 Å². The number of hydrogen-bond donors (Lipinski definition) is 2. The minimum atomic E-state index is -0.871. The maximum Gasteiger partial charge on any atom is 0.236 e. The van der Waals surface area contributed by atoms with Crippen LogP contribution in [0.4, 0.5) is 0 Å². The van der Waals surface area contributed by atoms with Crippen LogP contribution in [-0.2, 0) is 4.79 Å². The monoisotopic (exact) mass is 296 g/mol. The summed E-state index contributed by atoms with van der Waals surface area (Å²) in [4.78, 5) is 17.6. The summed E-state index contributed by atoms with van der Waals surface area (Å²) >= 11 is 0. The Bertz CT molecular complexity index is 420. The van der Waals surface area contributed by atoms with E-state index >= 15 is 0 Å². The molecule has 0 aromatic carbocycles. The Balaban J connectivity index is 2.24. The van der Waals surface area contributed by atoms with E-state index in [0.29, 0.717) is 18.9 Å². The normalized spacial score (nSPS) is 27.8. The lowest BCUT2D eigenvalue weighted by molar-refractivity contribution is -0.144. The van der Waals surface area contributed by atoms with Crippen LogP contribution in [0.5, 0.6) is 0 Å². The number of nitrogens with zero attached hydrogens (tertiary/aromatic N) is 3. The van der Waals surface area contributed by atoms with E-state index in [-0.39, 0.29) is 17.8 Å². The summed E-state index contributed by atoms with van der Waals surface area (Å²) in [6, 6.07) is 0.652. The summed E-state index contributed by atoms with van der Waals surface area (Å²) in [6.07, 6.45) is 3.48. The van der Waals surface area contributed by atoms with Crippen molar-refractivity contribution in [2.24, 2.45) is 16.3 Å². The zero-order valence-corrected chi connectivity index (χ0v) is 13.4. The van der Waals surface area contributed by atoms with Gasteiger partial charge in [-0.15, -0.1) is 0 Å². The smallest absolute Gasteiger partial charge is 0.236 e. The molecule has 2 atom stereocenters. The third-order valence-electron chi connectivity index (χ3n) is 5.41. The summed E-state index contributed by atoms with van der Waals surface area (Å²) in [6.45, 7) is 8.78. The van der Waals surface area contributed by atoms with Crippen LogP contribution in [0.15, 0.2) is 5.16 Å². The van der Waals surface area contributed by atoms with Gasteiger partial charge in [0.15, 0.2) is 5.84 Å². The van der Waals surface area contributed by atoms with Crippen LogP contribution in [0.25, 0.3) is 0 Å². The minimum Gasteiger partial charge on any atom is -0.409 e. The zero-order valence-electron chi connectivity index (χ0n) is 13.4. The zero-order chi connectivity index (χ0) is 15.6. The van der Waals surface area contributed by atoms with E-state index in [1.807, 2.05) is 18.7 Å². The number of carbonyl (C=O) groups is 1. The Labute approximate surface area is 127 Å². The average molecular weight is 296 g/mol. The third kappa shape index (κ3) is 2.61. The molecule has 0 saturated carbocycles. The highest BCUT2D eigenvalue weighted by Crippen LogP contribution is 2.33. The standard InChI is InChI=1S/C15H28N4O2/c1-4-15(5-2,13(16)17-21)14(20)19-10-12-7-6-8-18(12)9-11(19)3/h11-12,21H,4-10H2,1-3H3,(H2,16,17). The first-order chi connectivity index (χ1) is 10.00. The average Bonchev–Trinajstić information content (AvgIpc) is 2.94. The number of fused-ring (bicyclic) bond motifs is 1. The van der Waals surface area contributed by atoms with E-state index in [9.17, 15) is 4.79 Å². The fourth-order valence-electron chi connectivity index (χ4n) is 3.87. The molecule has 0 aromatic rings. The largest absolute Gasteiger partial charge is 0.409 e. The van der Waals surface area contributed by atoms with Gasteiger partial charge >= 0.3 is 0 Å². The minimum absolute atomic E-state index is 0.0156. The second kappa shape index (κ2) is 6.22. The molecule has 0 aliphatic carbocycles. The molecule has 0 bridgehead atoms. The lowest BCUT2D eigenvalue weighted by Crippen LogP contribution is -2.61. The molecule has 2 fully saturated rings. The van der Waals surface area contributed by atoms with Gasteiger partial charge in [-0.1, -0.05) is 19.0 Å². The number of hydrogen-bond acceptors (Lipinski definition) is 4. The van der Waals surface area contributed by atoms with Crippen molar-refractivity contribution in [3.05, 3.63) is 0 Å². The molecule has 2 rings (SSSR count). The number of piperazine rings is 1. The first-order valence-electron chi connectivity index (χ1n) is 8.03. The predicted octanol–water partition coefficient (Wildman–Crippen LogP) is 1.23. The van der Waals surface area contributed by atoms with Crippen LogP contribution in [-0.4, -0.2) is 58.5 Å². The van der Waals surface area contributed by atoms with Crippen LogP contribution in [0.1, 0.15) is 46.5 Å². The van der Waals surface area contributed by atoms with Gasteiger partial charge in [-0.3, -0.25) is 9.69 Å². The van der Waals surface area contributed by atoms with Crippen molar-refractivity contribution in [1.82, 2.24) is 9.80 Å². The van der Waals surface area contributed by atoms with Gasteiger partial charge in [0.2, 0.25) is 5.91 Å². The first-order valence-corrected chi connectivity index (χ1v) is 8.03. The predicted molar refractivity (Wildman–Crippen MR) is 82.2 cm³/mol. The summed E-state index contributed by atoms with van der Waals surface area (Å²) in [7, 11) is 0. The maximum absolute atomic E-state index is 13.1. The second-order valence-electron chi connectivity index (χ2n) is 6.37. The molecule has 2 heterocycles. The Morgan fingerprint density at radius 1 is 1.38 bits per heavy atom. The molecule has 21 heavy (non-hydrogen) atoms. The van der Waals surface area contributed by atoms with E-state index in [0.717, 1.165) is 26.1 Å². The highest BCUT2D eigenvalue weighted by atomic mass is 16.4. The van der Waals surface area contributed by atoms with Gasteiger partial charge in [-0.2, -0.15) is 0 Å². The third-order valence-corrected chi connectivity index (χ3v) is 5.41. The van der Waals surface area contributed by atoms with Crippen molar-refractivity contribution < 1.29 is 10.0 Å². The molecule has 2 saturated heterocycles. The van der Waals surface area contributed by atoms with Gasteiger partial charge in [0, 0.05) is 25.2 Å². The van der Waals surface area contributed by atoms with Gasteiger partial charge in [0.1, 0.15) is 5.41 Å². The van der Waals surface area contributed by atoms with E-state index < -0.39 is 5.41 Å².